The van der Waals surface area contributed by atoms with Crippen molar-refractivity contribution in [2.75, 3.05) is 0 Å². The van der Waals surface area contributed by atoms with Crippen molar-refractivity contribution in [2.45, 2.75) is 27.7 Å². The first-order chi connectivity index (χ1) is 12.5. The lowest BCUT2D eigenvalue weighted by Crippen LogP contribution is -2.09. The van der Waals surface area contributed by atoms with Gasteiger partial charge in [-0.25, -0.2) is 4.98 Å². The van der Waals surface area contributed by atoms with Crippen LogP contribution in [0.4, 0.5) is 0 Å². The van der Waals surface area contributed by atoms with Gasteiger partial charge in [0.1, 0.15) is 10.7 Å². The molecule has 0 spiro atoms. The minimum Gasteiger partial charge on any atom is -0.306 e. The molecule has 0 saturated carbocycles. The fourth-order valence-electron chi connectivity index (χ4n) is 3.33. The van der Waals surface area contributed by atoms with Gasteiger partial charge in [0.15, 0.2) is 0 Å². The van der Waals surface area contributed by atoms with Crippen molar-refractivity contribution in [2.24, 2.45) is 0 Å². The smallest absolute Gasteiger partial charge is 0.260 e. The summed E-state index contributed by atoms with van der Waals surface area (Å²) in [7, 11) is 0. The third kappa shape index (κ3) is 2.67. The van der Waals surface area contributed by atoms with E-state index in [2.05, 4.69) is 44.0 Å². The van der Waals surface area contributed by atoms with E-state index in [0.29, 0.717) is 11.2 Å². The van der Waals surface area contributed by atoms with Crippen LogP contribution in [0.2, 0.25) is 0 Å². The van der Waals surface area contributed by atoms with Crippen LogP contribution >= 0.6 is 11.3 Å². The number of aryl methyl sites for hydroxylation is 4. The SMILES string of the molecule is Cc1ccc(-c2c(C)sc3nc(-c4ccccc4C)[nH]c(=O)c23)cc1C. The Morgan fingerprint density at radius 2 is 1.69 bits per heavy atom. The van der Waals surface area contributed by atoms with Crippen molar-refractivity contribution in [3.05, 3.63) is 74.4 Å². The Bertz CT molecular complexity index is 1200. The zero-order valence-corrected chi connectivity index (χ0v) is 16.1. The van der Waals surface area contributed by atoms with E-state index in [-0.39, 0.29) is 5.56 Å². The van der Waals surface area contributed by atoms with Gasteiger partial charge in [-0.1, -0.05) is 42.5 Å². The topological polar surface area (TPSA) is 45.8 Å². The summed E-state index contributed by atoms with van der Waals surface area (Å²) in [6.45, 7) is 8.28. The number of thiophene rings is 1. The minimum absolute atomic E-state index is 0.0779. The lowest BCUT2D eigenvalue weighted by Gasteiger charge is -2.07. The van der Waals surface area contributed by atoms with Crippen LogP contribution in [0.1, 0.15) is 21.6 Å². The molecule has 0 aliphatic carbocycles. The summed E-state index contributed by atoms with van der Waals surface area (Å²) in [6.07, 6.45) is 0. The van der Waals surface area contributed by atoms with Crippen LogP contribution in [0, 0.1) is 27.7 Å². The first kappa shape index (κ1) is 16.7. The van der Waals surface area contributed by atoms with Crippen LogP contribution in [0.5, 0.6) is 0 Å². The number of aromatic nitrogens is 2. The van der Waals surface area contributed by atoms with E-state index in [1.165, 1.54) is 11.1 Å². The van der Waals surface area contributed by atoms with E-state index < -0.39 is 0 Å². The Morgan fingerprint density at radius 3 is 2.42 bits per heavy atom. The highest BCUT2D eigenvalue weighted by molar-refractivity contribution is 7.19. The molecule has 0 radical (unpaired) electrons. The number of hydrogen-bond donors (Lipinski definition) is 1. The van der Waals surface area contributed by atoms with Crippen molar-refractivity contribution in [1.29, 1.82) is 0 Å². The van der Waals surface area contributed by atoms with Gasteiger partial charge in [0.2, 0.25) is 0 Å². The van der Waals surface area contributed by atoms with Crippen LogP contribution in [0.15, 0.2) is 47.3 Å². The molecule has 0 aliphatic rings. The number of aromatic amines is 1. The Balaban J connectivity index is 1.98. The maximum Gasteiger partial charge on any atom is 0.260 e. The summed E-state index contributed by atoms with van der Waals surface area (Å²) >= 11 is 1.58. The van der Waals surface area contributed by atoms with E-state index in [9.17, 15) is 4.79 Å². The summed E-state index contributed by atoms with van der Waals surface area (Å²) in [5.74, 6) is 0.633. The summed E-state index contributed by atoms with van der Waals surface area (Å²) in [5, 5.41) is 0.688. The van der Waals surface area contributed by atoms with Gasteiger partial charge in [0, 0.05) is 16.0 Å². The van der Waals surface area contributed by atoms with E-state index in [0.717, 1.165) is 32.0 Å². The van der Waals surface area contributed by atoms with Gasteiger partial charge in [0.05, 0.1) is 5.39 Å². The van der Waals surface area contributed by atoms with Crippen LogP contribution in [0.25, 0.3) is 32.7 Å². The van der Waals surface area contributed by atoms with Crippen LogP contribution in [0.3, 0.4) is 0 Å². The van der Waals surface area contributed by atoms with Gasteiger partial charge in [-0.3, -0.25) is 4.79 Å². The number of nitrogens with zero attached hydrogens (tertiary/aromatic N) is 1. The van der Waals surface area contributed by atoms with Gasteiger partial charge in [-0.15, -0.1) is 11.3 Å². The first-order valence-corrected chi connectivity index (χ1v) is 9.44. The number of nitrogens with one attached hydrogen (secondary N) is 1. The van der Waals surface area contributed by atoms with Gasteiger partial charge < -0.3 is 4.98 Å². The second-order valence-electron chi connectivity index (χ2n) is 6.74. The highest BCUT2D eigenvalue weighted by atomic mass is 32.1. The number of rotatable bonds is 2. The fourth-order valence-corrected chi connectivity index (χ4v) is 4.38. The second-order valence-corrected chi connectivity index (χ2v) is 7.95. The maximum atomic E-state index is 13.0. The number of fused-ring (bicyclic) bond motifs is 1. The van der Waals surface area contributed by atoms with Crippen molar-refractivity contribution < 1.29 is 0 Å². The van der Waals surface area contributed by atoms with Gasteiger partial charge in [-0.05, 0) is 49.9 Å². The summed E-state index contributed by atoms with van der Waals surface area (Å²) in [5.41, 5.74) is 6.53. The van der Waals surface area contributed by atoms with E-state index in [1.807, 2.05) is 31.2 Å². The molecule has 0 unspecified atom stereocenters. The molecule has 0 fully saturated rings. The third-order valence-corrected chi connectivity index (χ3v) is 5.93. The van der Waals surface area contributed by atoms with Gasteiger partial charge in [-0.2, -0.15) is 0 Å². The van der Waals surface area contributed by atoms with Crippen LogP contribution in [-0.2, 0) is 0 Å². The van der Waals surface area contributed by atoms with Crippen molar-refractivity contribution in [3.8, 4) is 22.5 Å². The Kier molecular flexibility index (Phi) is 4.00. The Labute approximate surface area is 156 Å². The molecule has 0 atom stereocenters. The molecule has 2 aromatic heterocycles. The average molecular weight is 360 g/mol. The Hall–Kier alpha value is -2.72. The summed E-state index contributed by atoms with van der Waals surface area (Å²) in [4.78, 5) is 22.6. The average Bonchev–Trinajstić information content (AvgIpc) is 2.94. The lowest BCUT2D eigenvalue weighted by atomic mass is 9.99. The summed E-state index contributed by atoms with van der Waals surface area (Å²) < 4.78 is 0. The molecule has 4 rings (SSSR count). The molecule has 3 nitrogen and oxygen atoms in total. The highest BCUT2D eigenvalue weighted by Crippen LogP contribution is 2.37. The number of benzene rings is 2. The monoisotopic (exact) mass is 360 g/mol. The molecule has 4 aromatic rings. The standard InChI is InChI=1S/C22H20N2OS/c1-12-9-10-16(11-14(12)3)18-15(4)26-22-19(18)21(25)23-20(24-22)17-8-6-5-7-13(17)2/h5-11H,1-4H3,(H,23,24,25). The quantitative estimate of drug-likeness (QED) is 0.509. The predicted octanol–water partition coefficient (Wildman–Crippen LogP) is 5.55. The second kappa shape index (κ2) is 6.22. The first-order valence-electron chi connectivity index (χ1n) is 8.62. The third-order valence-electron chi connectivity index (χ3n) is 4.93. The maximum absolute atomic E-state index is 13.0. The predicted molar refractivity (Wildman–Crippen MR) is 110 cm³/mol. The van der Waals surface area contributed by atoms with Crippen LogP contribution in [-0.4, -0.2) is 9.97 Å². The van der Waals surface area contributed by atoms with E-state index in [4.69, 9.17) is 4.98 Å². The zero-order chi connectivity index (χ0) is 18.4. The van der Waals surface area contributed by atoms with Gasteiger partial charge >= 0.3 is 0 Å². The van der Waals surface area contributed by atoms with Crippen LogP contribution < -0.4 is 5.56 Å². The van der Waals surface area contributed by atoms with Crippen molar-refractivity contribution in [3.63, 3.8) is 0 Å². The molecular weight excluding hydrogens is 340 g/mol. The zero-order valence-electron chi connectivity index (χ0n) is 15.3. The normalized spacial score (nSPS) is 11.2. The molecule has 0 amide bonds. The summed E-state index contributed by atoms with van der Waals surface area (Å²) in [6, 6.07) is 14.3. The molecule has 0 bridgehead atoms. The van der Waals surface area contributed by atoms with Gasteiger partial charge in [0.25, 0.3) is 5.56 Å². The van der Waals surface area contributed by atoms with Crippen molar-refractivity contribution in [1.82, 2.24) is 9.97 Å². The fraction of sp³-hybridized carbons (Fsp3) is 0.182. The minimum atomic E-state index is -0.0779. The molecule has 26 heavy (non-hydrogen) atoms. The number of hydrogen-bond acceptors (Lipinski definition) is 3. The largest absolute Gasteiger partial charge is 0.306 e. The molecule has 4 heteroatoms. The molecule has 130 valence electrons. The highest BCUT2D eigenvalue weighted by Gasteiger charge is 2.17. The van der Waals surface area contributed by atoms with E-state index >= 15 is 0 Å². The molecule has 1 N–H and O–H groups in total. The molecule has 0 saturated heterocycles. The number of H-pyrrole nitrogens is 1. The molecule has 2 aromatic carbocycles. The lowest BCUT2D eigenvalue weighted by molar-refractivity contribution is 1.18. The van der Waals surface area contributed by atoms with E-state index in [1.54, 1.807) is 11.3 Å². The Morgan fingerprint density at radius 1 is 0.923 bits per heavy atom. The molecular formula is C22H20N2OS. The molecule has 2 heterocycles. The molecule has 0 aliphatic heterocycles. The van der Waals surface area contributed by atoms with Crippen molar-refractivity contribution >= 4 is 21.6 Å².